The van der Waals surface area contributed by atoms with E-state index in [-0.39, 0.29) is 5.56 Å². The molecule has 3 heterocycles. The Kier molecular flexibility index (Phi) is 5.72. The van der Waals surface area contributed by atoms with Crippen LogP contribution in [-0.4, -0.2) is 26.7 Å². The molecule has 3 aromatic heterocycles. The summed E-state index contributed by atoms with van der Waals surface area (Å²) in [5.41, 5.74) is 0.443. The minimum absolute atomic E-state index is 0.189. The van der Waals surface area contributed by atoms with Crippen molar-refractivity contribution in [1.82, 2.24) is 20.2 Å². The van der Waals surface area contributed by atoms with Crippen LogP contribution >= 0.6 is 46.0 Å². The molecule has 2 N–H and O–H groups in total. The fraction of sp³-hybridized carbons (Fsp3) is 0.176. The van der Waals surface area contributed by atoms with E-state index in [9.17, 15) is 4.79 Å². The lowest BCUT2D eigenvalue weighted by molar-refractivity contribution is 0.977. The molecule has 0 aliphatic heterocycles. The van der Waals surface area contributed by atoms with E-state index in [1.807, 2.05) is 0 Å². The van der Waals surface area contributed by atoms with Crippen LogP contribution in [0.25, 0.3) is 10.9 Å². The molecule has 138 valence electrons. The molecule has 0 aliphatic rings. The summed E-state index contributed by atoms with van der Waals surface area (Å²) in [7, 11) is 0. The maximum atomic E-state index is 12.2. The summed E-state index contributed by atoms with van der Waals surface area (Å²) in [6.07, 6.45) is 0.964. The van der Waals surface area contributed by atoms with E-state index < -0.39 is 0 Å². The Labute approximate surface area is 172 Å². The van der Waals surface area contributed by atoms with E-state index >= 15 is 0 Å². The van der Waals surface area contributed by atoms with Crippen molar-refractivity contribution in [3.8, 4) is 0 Å². The molecule has 0 saturated heterocycles. The van der Waals surface area contributed by atoms with Crippen LogP contribution in [0.4, 0.5) is 5.13 Å². The number of H-pyrrole nitrogens is 1. The van der Waals surface area contributed by atoms with Gasteiger partial charge < -0.3 is 10.3 Å². The Morgan fingerprint density at radius 1 is 1.26 bits per heavy atom. The maximum Gasteiger partial charge on any atom is 0.258 e. The molecular weight excluding hydrogens is 422 g/mol. The third-order valence-corrected chi connectivity index (χ3v) is 6.88. The van der Waals surface area contributed by atoms with E-state index in [0.717, 1.165) is 22.4 Å². The second-order valence-corrected chi connectivity index (χ2v) is 9.26. The van der Waals surface area contributed by atoms with Gasteiger partial charge in [0.2, 0.25) is 5.13 Å². The standard InChI is InChI=1S/C17H14ClN5OS3/c18-10-3-4-13-12(8-10)15(24)21-14(20-13)9-26-17-23-22-16(27-17)19-6-5-11-2-1-7-25-11/h1-4,7-8H,5-6,9H2,(H,19,22)(H,20,21,24). The van der Waals surface area contributed by atoms with Crippen LogP contribution in [0.5, 0.6) is 0 Å². The van der Waals surface area contributed by atoms with Crippen molar-refractivity contribution in [3.63, 3.8) is 0 Å². The molecule has 0 aliphatic carbocycles. The van der Waals surface area contributed by atoms with Gasteiger partial charge in [0.25, 0.3) is 5.56 Å². The van der Waals surface area contributed by atoms with E-state index in [1.165, 1.54) is 28.0 Å². The molecule has 0 amide bonds. The van der Waals surface area contributed by atoms with Gasteiger partial charge in [0.05, 0.1) is 16.7 Å². The van der Waals surface area contributed by atoms with Gasteiger partial charge in [-0.3, -0.25) is 4.79 Å². The monoisotopic (exact) mass is 435 g/mol. The van der Waals surface area contributed by atoms with Crippen LogP contribution < -0.4 is 10.9 Å². The Hall–Kier alpha value is -1.94. The van der Waals surface area contributed by atoms with Crippen molar-refractivity contribution >= 4 is 62.1 Å². The van der Waals surface area contributed by atoms with Gasteiger partial charge in [0.15, 0.2) is 4.34 Å². The predicted octanol–water partition coefficient (Wildman–Crippen LogP) is 4.44. The normalized spacial score (nSPS) is 11.1. The lowest BCUT2D eigenvalue weighted by atomic mass is 10.2. The fourth-order valence-corrected chi connectivity index (χ4v) is 4.97. The van der Waals surface area contributed by atoms with Crippen molar-refractivity contribution in [2.45, 2.75) is 16.5 Å². The topological polar surface area (TPSA) is 83.6 Å². The number of fused-ring (bicyclic) bond motifs is 1. The number of nitrogens with one attached hydrogen (secondary N) is 2. The Bertz CT molecular complexity index is 1110. The summed E-state index contributed by atoms with van der Waals surface area (Å²) >= 11 is 10.7. The first-order valence-electron chi connectivity index (χ1n) is 8.08. The van der Waals surface area contributed by atoms with Gasteiger partial charge >= 0.3 is 0 Å². The number of aromatic amines is 1. The predicted molar refractivity (Wildman–Crippen MR) is 113 cm³/mol. The third-order valence-electron chi connectivity index (χ3n) is 3.68. The molecule has 0 bridgehead atoms. The van der Waals surface area contributed by atoms with Gasteiger partial charge in [-0.2, -0.15) is 0 Å². The molecule has 0 fully saturated rings. The molecule has 4 aromatic rings. The SMILES string of the molecule is O=c1[nH]c(CSc2nnc(NCCc3cccs3)s2)nc2ccc(Cl)cc12. The van der Waals surface area contributed by atoms with Gasteiger partial charge in [0.1, 0.15) is 5.82 Å². The minimum Gasteiger partial charge on any atom is -0.360 e. The van der Waals surface area contributed by atoms with E-state index in [0.29, 0.717) is 27.5 Å². The van der Waals surface area contributed by atoms with Crippen LogP contribution in [0, 0.1) is 0 Å². The number of aromatic nitrogens is 4. The number of benzene rings is 1. The van der Waals surface area contributed by atoms with Gasteiger partial charge in [-0.25, -0.2) is 4.98 Å². The minimum atomic E-state index is -0.189. The van der Waals surface area contributed by atoms with Crippen molar-refractivity contribution < 1.29 is 0 Å². The van der Waals surface area contributed by atoms with Crippen LogP contribution in [0.15, 0.2) is 44.8 Å². The number of rotatable bonds is 7. The summed E-state index contributed by atoms with van der Waals surface area (Å²) in [5.74, 6) is 1.11. The van der Waals surface area contributed by atoms with Crippen molar-refractivity contribution in [2.75, 3.05) is 11.9 Å². The highest BCUT2D eigenvalue weighted by Crippen LogP contribution is 2.27. The summed E-state index contributed by atoms with van der Waals surface area (Å²) in [4.78, 5) is 20.8. The molecule has 4 rings (SSSR count). The summed E-state index contributed by atoms with van der Waals surface area (Å²) in [5, 5.41) is 15.5. The zero-order valence-corrected chi connectivity index (χ0v) is 17.1. The van der Waals surface area contributed by atoms with Crippen molar-refractivity contribution in [2.24, 2.45) is 0 Å². The first-order chi connectivity index (χ1) is 13.2. The van der Waals surface area contributed by atoms with Crippen LogP contribution in [-0.2, 0) is 12.2 Å². The number of hydrogen-bond acceptors (Lipinski definition) is 8. The van der Waals surface area contributed by atoms with Crippen LogP contribution in [0.2, 0.25) is 5.02 Å². The molecular formula is C17H14ClN5OS3. The second kappa shape index (κ2) is 8.39. The second-order valence-electron chi connectivity index (χ2n) is 5.59. The number of thioether (sulfide) groups is 1. The average molecular weight is 436 g/mol. The van der Waals surface area contributed by atoms with E-state index in [1.54, 1.807) is 29.5 Å². The molecule has 27 heavy (non-hydrogen) atoms. The Balaban J connectivity index is 1.36. The van der Waals surface area contributed by atoms with Crippen LogP contribution in [0.1, 0.15) is 10.7 Å². The van der Waals surface area contributed by atoms with Gasteiger partial charge in [-0.05, 0) is 36.1 Å². The lowest BCUT2D eigenvalue weighted by Crippen LogP contribution is -2.11. The molecule has 6 nitrogen and oxygen atoms in total. The lowest BCUT2D eigenvalue weighted by Gasteiger charge is -2.02. The highest BCUT2D eigenvalue weighted by molar-refractivity contribution is 8.00. The molecule has 0 saturated carbocycles. The van der Waals surface area contributed by atoms with E-state index in [4.69, 9.17) is 11.6 Å². The summed E-state index contributed by atoms with van der Waals surface area (Å²) in [6.45, 7) is 0.821. The summed E-state index contributed by atoms with van der Waals surface area (Å²) < 4.78 is 0.826. The number of halogens is 1. The van der Waals surface area contributed by atoms with Crippen molar-refractivity contribution in [3.05, 3.63) is 61.8 Å². The number of hydrogen-bond donors (Lipinski definition) is 2. The number of anilines is 1. The molecule has 1 aromatic carbocycles. The fourth-order valence-electron chi connectivity index (χ4n) is 2.44. The van der Waals surface area contributed by atoms with Crippen molar-refractivity contribution in [1.29, 1.82) is 0 Å². The zero-order valence-electron chi connectivity index (χ0n) is 13.9. The van der Waals surface area contributed by atoms with Gasteiger partial charge in [-0.15, -0.1) is 21.5 Å². The zero-order chi connectivity index (χ0) is 18.6. The average Bonchev–Trinajstić information content (AvgIpc) is 3.33. The number of nitrogens with zero attached hydrogens (tertiary/aromatic N) is 3. The number of thiophene rings is 1. The van der Waals surface area contributed by atoms with Gasteiger partial charge in [0, 0.05) is 16.4 Å². The van der Waals surface area contributed by atoms with E-state index in [2.05, 4.69) is 43.0 Å². The molecule has 0 radical (unpaired) electrons. The maximum absolute atomic E-state index is 12.2. The molecule has 0 unspecified atom stereocenters. The highest BCUT2D eigenvalue weighted by Gasteiger charge is 2.08. The third kappa shape index (κ3) is 4.67. The molecule has 10 heteroatoms. The first kappa shape index (κ1) is 18.4. The first-order valence-corrected chi connectivity index (χ1v) is 11.1. The Morgan fingerprint density at radius 3 is 3.04 bits per heavy atom. The highest BCUT2D eigenvalue weighted by atomic mass is 35.5. The van der Waals surface area contributed by atoms with Gasteiger partial charge in [-0.1, -0.05) is 40.8 Å². The molecule has 0 atom stereocenters. The van der Waals surface area contributed by atoms with Crippen LogP contribution in [0.3, 0.4) is 0 Å². The Morgan fingerprint density at radius 2 is 2.19 bits per heavy atom. The largest absolute Gasteiger partial charge is 0.360 e. The summed E-state index contributed by atoms with van der Waals surface area (Å²) in [6, 6.07) is 9.28. The molecule has 0 spiro atoms. The quantitative estimate of drug-likeness (QED) is 0.417. The smallest absolute Gasteiger partial charge is 0.258 e.